The highest BCUT2D eigenvalue weighted by Crippen LogP contribution is 2.15. The zero-order valence-electron chi connectivity index (χ0n) is 7.32. The van der Waals surface area contributed by atoms with E-state index in [1.165, 1.54) is 12.8 Å². The highest BCUT2D eigenvalue weighted by molar-refractivity contribution is 14.1. The van der Waals surface area contributed by atoms with Crippen LogP contribution in [0.5, 0.6) is 0 Å². The third-order valence-corrected chi connectivity index (χ3v) is 2.71. The Kier molecular flexibility index (Phi) is 3.15. The zero-order valence-corrected chi connectivity index (χ0v) is 9.48. The van der Waals surface area contributed by atoms with Gasteiger partial charge in [-0.15, -0.1) is 5.10 Å². The van der Waals surface area contributed by atoms with Crippen molar-refractivity contribution in [1.82, 2.24) is 14.8 Å². The average Bonchev–Trinajstić information content (AvgIpc) is 2.71. The van der Waals surface area contributed by atoms with Crippen LogP contribution in [0.15, 0.2) is 6.33 Å². The fraction of sp³-hybridized carbons (Fsp3) is 0.750. The maximum Gasteiger partial charge on any atom is 0.211 e. The van der Waals surface area contributed by atoms with Crippen molar-refractivity contribution in [2.45, 2.75) is 31.9 Å². The predicted octanol–water partition coefficient (Wildman–Crippen LogP) is 1.45. The first kappa shape index (κ1) is 9.39. The first-order chi connectivity index (χ1) is 6.34. The van der Waals surface area contributed by atoms with Crippen LogP contribution in [-0.2, 0) is 11.3 Å². The Labute approximate surface area is 90.8 Å². The molecule has 13 heavy (non-hydrogen) atoms. The Balaban J connectivity index is 1.78. The minimum absolute atomic E-state index is 0.446. The standard InChI is InChI=1S/C8H12IN3O/c9-8-10-6-12(11-8)4-3-7-2-1-5-13-7/h6-7H,1-5H2. The lowest BCUT2D eigenvalue weighted by Crippen LogP contribution is -2.10. The number of ether oxygens (including phenoxy) is 1. The second kappa shape index (κ2) is 4.36. The van der Waals surface area contributed by atoms with Crippen molar-refractivity contribution >= 4 is 22.6 Å². The SMILES string of the molecule is Ic1ncn(CCC2CCCO2)n1. The summed E-state index contributed by atoms with van der Waals surface area (Å²) in [5, 5.41) is 4.21. The molecule has 2 rings (SSSR count). The fourth-order valence-corrected chi connectivity index (χ4v) is 1.93. The summed E-state index contributed by atoms with van der Waals surface area (Å²) >= 11 is 2.11. The molecule has 0 aliphatic carbocycles. The van der Waals surface area contributed by atoms with E-state index in [2.05, 4.69) is 32.7 Å². The highest BCUT2D eigenvalue weighted by atomic mass is 127. The molecule has 0 bridgehead atoms. The molecular weight excluding hydrogens is 281 g/mol. The van der Waals surface area contributed by atoms with E-state index >= 15 is 0 Å². The second-order valence-electron chi connectivity index (χ2n) is 3.20. The molecule has 5 heteroatoms. The largest absolute Gasteiger partial charge is 0.378 e. The summed E-state index contributed by atoms with van der Waals surface area (Å²) in [6, 6.07) is 0. The molecule has 1 unspecified atom stereocenters. The quantitative estimate of drug-likeness (QED) is 0.792. The number of nitrogens with zero attached hydrogens (tertiary/aromatic N) is 3. The zero-order chi connectivity index (χ0) is 9.10. The van der Waals surface area contributed by atoms with E-state index in [0.29, 0.717) is 6.10 Å². The van der Waals surface area contributed by atoms with Crippen LogP contribution in [0.4, 0.5) is 0 Å². The lowest BCUT2D eigenvalue weighted by atomic mass is 10.2. The van der Waals surface area contributed by atoms with E-state index in [-0.39, 0.29) is 0 Å². The van der Waals surface area contributed by atoms with Crippen LogP contribution in [0.25, 0.3) is 0 Å². The van der Waals surface area contributed by atoms with Gasteiger partial charge in [-0.2, -0.15) is 0 Å². The van der Waals surface area contributed by atoms with E-state index in [4.69, 9.17) is 4.74 Å². The molecule has 72 valence electrons. The lowest BCUT2D eigenvalue weighted by Gasteiger charge is -2.07. The maximum atomic E-state index is 5.52. The molecule has 0 saturated carbocycles. The smallest absolute Gasteiger partial charge is 0.211 e. The first-order valence-corrected chi connectivity index (χ1v) is 5.59. The molecule has 1 atom stereocenters. The number of rotatable bonds is 3. The van der Waals surface area contributed by atoms with Gasteiger partial charge in [-0.25, -0.2) is 4.98 Å². The fourth-order valence-electron chi connectivity index (χ4n) is 1.53. The summed E-state index contributed by atoms with van der Waals surface area (Å²) in [7, 11) is 0. The Morgan fingerprint density at radius 1 is 1.69 bits per heavy atom. The Morgan fingerprint density at radius 2 is 2.62 bits per heavy atom. The van der Waals surface area contributed by atoms with E-state index in [1.54, 1.807) is 6.33 Å². The molecule has 1 saturated heterocycles. The van der Waals surface area contributed by atoms with Crippen molar-refractivity contribution in [3.63, 3.8) is 0 Å². The van der Waals surface area contributed by atoms with Gasteiger partial charge in [0.05, 0.1) is 6.10 Å². The molecule has 0 amide bonds. The van der Waals surface area contributed by atoms with Gasteiger partial charge >= 0.3 is 0 Å². The monoisotopic (exact) mass is 293 g/mol. The minimum Gasteiger partial charge on any atom is -0.378 e. The molecule has 1 aliphatic heterocycles. The van der Waals surface area contributed by atoms with Crippen LogP contribution in [0.3, 0.4) is 0 Å². The summed E-state index contributed by atoms with van der Waals surface area (Å²) in [6.45, 7) is 1.85. The van der Waals surface area contributed by atoms with E-state index in [1.807, 2.05) is 4.68 Å². The highest BCUT2D eigenvalue weighted by Gasteiger charge is 2.15. The van der Waals surface area contributed by atoms with Gasteiger partial charge in [-0.05, 0) is 19.3 Å². The van der Waals surface area contributed by atoms with Crippen LogP contribution < -0.4 is 0 Å². The molecule has 4 nitrogen and oxygen atoms in total. The van der Waals surface area contributed by atoms with Crippen LogP contribution in [0, 0.1) is 3.83 Å². The molecule has 1 aromatic rings. The van der Waals surface area contributed by atoms with Crippen LogP contribution in [0.1, 0.15) is 19.3 Å². The van der Waals surface area contributed by atoms with Gasteiger partial charge in [-0.3, -0.25) is 4.68 Å². The second-order valence-corrected chi connectivity index (χ2v) is 4.17. The number of hydrogen-bond donors (Lipinski definition) is 0. The van der Waals surface area contributed by atoms with E-state index in [0.717, 1.165) is 23.4 Å². The van der Waals surface area contributed by atoms with E-state index < -0.39 is 0 Å². The van der Waals surface area contributed by atoms with Gasteiger partial charge in [0.25, 0.3) is 0 Å². The van der Waals surface area contributed by atoms with Crippen LogP contribution >= 0.6 is 22.6 Å². The molecule has 0 spiro atoms. The Hall–Kier alpha value is -0.170. The van der Waals surface area contributed by atoms with Crippen LogP contribution in [0.2, 0.25) is 0 Å². The molecule has 0 aromatic carbocycles. The van der Waals surface area contributed by atoms with Crippen molar-refractivity contribution in [2.75, 3.05) is 6.61 Å². The minimum atomic E-state index is 0.446. The van der Waals surface area contributed by atoms with Crippen molar-refractivity contribution in [3.05, 3.63) is 10.2 Å². The summed E-state index contributed by atoms with van der Waals surface area (Å²) in [6.07, 6.45) is 5.68. The van der Waals surface area contributed by atoms with Crippen molar-refractivity contribution in [2.24, 2.45) is 0 Å². The number of hydrogen-bond acceptors (Lipinski definition) is 3. The molecule has 0 radical (unpaired) electrons. The van der Waals surface area contributed by atoms with Gasteiger partial charge in [-0.1, -0.05) is 0 Å². The summed E-state index contributed by atoms with van der Waals surface area (Å²) < 4.78 is 8.21. The molecule has 1 aliphatic rings. The van der Waals surface area contributed by atoms with Crippen molar-refractivity contribution in [3.8, 4) is 0 Å². The first-order valence-electron chi connectivity index (χ1n) is 4.51. The molecule has 0 N–H and O–H groups in total. The number of aromatic nitrogens is 3. The molecule has 1 fully saturated rings. The summed E-state index contributed by atoms with van der Waals surface area (Å²) in [5.74, 6) is 0. The number of aryl methyl sites for hydroxylation is 1. The third-order valence-electron chi connectivity index (χ3n) is 2.21. The van der Waals surface area contributed by atoms with Gasteiger partial charge in [0.2, 0.25) is 3.83 Å². The van der Waals surface area contributed by atoms with Crippen molar-refractivity contribution < 1.29 is 4.74 Å². The molecule has 2 heterocycles. The summed E-state index contributed by atoms with van der Waals surface area (Å²) in [5.41, 5.74) is 0. The van der Waals surface area contributed by atoms with Gasteiger partial charge < -0.3 is 4.74 Å². The topological polar surface area (TPSA) is 39.9 Å². The Morgan fingerprint density at radius 3 is 3.23 bits per heavy atom. The normalized spacial score (nSPS) is 22.4. The van der Waals surface area contributed by atoms with E-state index in [9.17, 15) is 0 Å². The van der Waals surface area contributed by atoms with Crippen molar-refractivity contribution in [1.29, 1.82) is 0 Å². The van der Waals surface area contributed by atoms with Gasteiger partial charge in [0.15, 0.2) is 0 Å². The lowest BCUT2D eigenvalue weighted by molar-refractivity contribution is 0.0994. The number of halogens is 1. The maximum absolute atomic E-state index is 5.52. The summed E-state index contributed by atoms with van der Waals surface area (Å²) in [4.78, 5) is 4.06. The third kappa shape index (κ3) is 2.63. The average molecular weight is 293 g/mol. The molecular formula is C8H12IN3O. The van der Waals surface area contributed by atoms with Crippen LogP contribution in [-0.4, -0.2) is 27.5 Å². The van der Waals surface area contributed by atoms with Gasteiger partial charge in [0, 0.05) is 35.7 Å². The molecule has 1 aromatic heterocycles. The Bertz CT molecular complexity index is 270. The van der Waals surface area contributed by atoms with Gasteiger partial charge in [0.1, 0.15) is 6.33 Å². The predicted molar refractivity (Wildman–Crippen MR) is 56.3 cm³/mol.